The summed E-state index contributed by atoms with van der Waals surface area (Å²) in [5, 5.41) is 2.47. The second-order valence-corrected chi connectivity index (χ2v) is 17.2. The van der Waals surface area contributed by atoms with Crippen LogP contribution in [-0.2, 0) is 18.3 Å². The predicted octanol–water partition coefficient (Wildman–Crippen LogP) is 14.8. The van der Waals surface area contributed by atoms with Crippen molar-refractivity contribution in [3.05, 3.63) is 244 Å². The Labute approximate surface area is 357 Å². The topological polar surface area (TPSA) is 6.48 Å². The van der Waals surface area contributed by atoms with Gasteiger partial charge in [-0.2, -0.15) is 0 Å². The minimum absolute atomic E-state index is 0.414. The Morgan fingerprint density at radius 3 is 1.66 bits per heavy atom. The van der Waals surface area contributed by atoms with Gasteiger partial charge in [-0.05, 0) is 151 Å². The quantitative estimate of drug-likeness (QED) is 0.164. The molecule has 2 nitrogen and oxygen atoms in total. The minimum Gasteiger partial charge on any atom is -0.341 e. The SMILES string of the molecule is C(=C\c1ccc2cc(N3c4ccccc4Cc4ccccc43)ccc2c1)/c1ccc2c(c1)C1(c3ccccc3-c3ccccc31)c1cc(N3CCCc4ccccc43)ccc1-2. The summed E-state index contributed by atoms with van der Waals surface area (Å²) in [6.45, 7) is 1.02. The zero-order chi connectivity index (χ0) is 40.1. The fraction of sp³-hybridized carbons (Fsp3) is 0.0847. The highest BCUT2D eigenvalue weighted by atomic mass is 15.2. The van der Waals surface area contributed by atoms with Gasteiger partial charge in [-0.3, -0.25) is 0 Å². The van der Waals surface area contributed by atoms with Gasteiger partial charge in [0, 0.05) is 41.4 Å². The largest absolute Gasteiger partial charge is 0.341 e. The smallest absolute Gasteiger partial charge is 0.0726 e. The lowest BCUT2D eigenvalue weighted by atomic mass is 9.70. The van der Waals surface area contributed by atoms with E-state index in [1.807, 2.05) is 0 Å². The molecule has 13 rings (SSSR count). The van der Waals surface area contributed by atoms with Crippen molar-refractivity contribution in [1.82, 2.24) is 0 Å². The van der Waals surface area contributed by atoms with Gasteiger partial charge in [0.15, 0.2) is 0 Å². The van der Waals surface area contributed by atoms with E-state index in [1.165, 1.54) is 112 Å². The Bertz CT molecular complexity index is 3200. The molecule has 0 N–H and O–H groups in total. The summed E-state index contributed by atoms with van der Waals surface area (Å²) in [6, 6.07) is 73.0. The first-order valence-electron chi connectivity index (χ1n) is 21.7. The zero-order valence-electron chi connectivity index (χ0n) is 33.9. The third kappa shape index (κ3) is 5.09. The molecule has 0 atom stereocenters. The van der Waals surface area contributed by atoms with Crippen molar-refractivity contribution in [2.24, 2.45) is 0 Å². The van der Waals surface area contributed by atoms with Crippen LogP contribution in [0.15, 0.2) is 194 Å². The average molecular weight is 779 g/mol. The molecule has 9 aromatic rings. The van der Waals surface area contributed by atoms with Crippen LogP contribution in [0.5, 0.6) is 0 Å². The van der Waals surface area contributed by atoms with Gasteiger partial charge in [0.1, 0.15) is 0 Å². The molecule has 0 unspecified atom stereocenters. The highest BCUT2D eigenvalue weighted by Crippen LogP contribution is 2.63. The van der Waals surface area contributed by atoms with Gasteiger partial charge in [-0.1, -0.05) is 152 Å². The number of aryl methyl sites for hydroxylation is 1. The van der Waals surface area contributed by atoms with Crippen LogP contribution in [0.25, 0.3) is 45.2 Å². The van der Waals surface area contributed by atoms with Crippen molar-refractivity contribution in [3.63, 3.8) is 0 Å². The molecular weight excluding hydrogens is 737 g/mol. The lowest BCUT2D eigenvalue weighted by Gasteiger charge is -2.34. The second kappa shape index (κ2) is 13.3. The first-order chi connectivity index (χ1) is 30.2. The molecule has 2 heterocycles. The summed E-state index contributed by atoms with van der Waals surface area (Å²) in [5.74, 6) is 0. The van der Waals surface area contributed by atoms with E-state index in [0.717, 1.165) is 25.8 Å². The Hall–Kier alpha value is -7.42. The Balaban J connectivity index is 0.896. The van der Waals surface area contributed by atoms with Crippen LogP contribution in [-0.4, -0.2) is 6.54 Å². The number of nitrogens with zero attached hydrogens (tertiary/aromatic N) is 2. The number of para-hydroxylation sites is 3. The first-order valence-corrected chi connectivity index (χ1v) is 21.7. The molecule has 0 saturated carbocycles. The predicted molar refractivity (Wildman–Crippen MR) is 255 cm³/mol. The van der Waals surface area contributed by atoms with Crippen molar-refractivity contribution in [2.45, 2.75) is 24.7 Å². The lowest BCUT2D eigenvalue weighted by Crippen LogP contribution is -2.27. The maximum Gasteiger partial charge on any atom is 0.0726 e. The van der Waals surface area contributed by atoms with Gasteiger partial charge in [0.2, 0.25) is 0 Å². The minimum atomic E-state index is -0.414. The summed E-state index contributed by atoms with van der Waals surface area (Å²) < 4.78 is 0. The van der Waals surface area contributed by atoms with Crippen LogP contribution in [0, 0.1) is 0 Å². The number of fused-ring (bicyclic) bond motifs is 14. The number of anilines is 5. The van der Waals surface area contributed by atoms with Crippen LogP contribution in [0.4, 0.5) is 28.4 Å². The third-order valence-corrected chi connectivity index (χ3v) is 13.9. The molecule has 0 saturated heterocycles. The average Bonchev–Trinajstić information content (AvgIpc) is 3.79. The van der Waals surface area contributed by atoms with Crippen molar-refractivity contribution >= 4 is 51.4 Å². The molecule has 288 valence electrons. The summed E-state index contributed by atoms with van der Waals surface area (Å²) in [7, 11) is 0. The number of hydrogen-bond donors (Lipinski definition) is 0. The van der Waals surface area contributed by atoms with Crippen LogP contribution in [0.2, 0.25) is 0 Å². The fourth-order valence-corrected chi connectivity index (χ4v) is 11.3. The van der Waals surface area contributed by atoms with Gasteiger partial charge >= 0.3 is 0 Å². The van der Waals surface area contributed by atoms with E-state index in [9.17, 15) is 0 Å². The highest BCUT2D eigenvalue weighted by molar-refractivity contribution is 5.97. The maximum atomic E-state index is 2.55. The molecule has 0 radical (unpaired) electrons. The molecular formula is C59H42N2. The van der Waals surface area contributed by atoms with Crippen molar-refractivity contribution in [2.75, 3.05) is 16.3 Å². The van der Waals surface area contributed by atoms with Crippen molar-refractivity contribution < 1.29 is 0 Å². The Morgan fingerprint density at radius 1 is 0.393 bits per heavy atom. The highest BCUT2D eigenvalue weighted by Gasteiger charge is 2.51. The third-order valence-electron chi connectivity index (χ3n) is 13.9. The number of hydrogen-bond acceptors (Lipinski definition) is 2. The Kier molecular flexibility index (Phi) is 7.51. The monoisotopic (exact) mass is 778 g/mol. The van der Waals surface area contributed by atoms with E-state index >= 15 is 0 Å². The molecule has 0 aromatic heterocycles. The summed E-state index contributed by atoms with van der Waals surface area (Å²) in [6.07, 6.45) is 7.83. The molecule has 2 aliphatic carbocycles. The summed E-state index contributed by atoms with van der Waals surface area (Å²) in [5.41, 5.74) is 23.3. The molecule has 0 bridgehead atoms. The molecule has 9 aromatic carbocycles. The molecule has 2 aliphatic heterocycles. The van der Waals surface area contributed by atoms with Crippen LogP contribution >= 0.6 is 0 Å². The van der Waals surface area contributed by atoms with Gasteiger partial charge in [-0.15, -0.1) is 0 Å². The molecule has 2 heteroatoms. The number of rotatable bonds is 4. The van der Waals surface area contributed by atoms with E-state index in [-0.39, 0.29) is 0 Å². The molecule has 4 aliphatic rings. The fourth-order valence-electron chi connectivity index (χ4n) is 11.3. The van der Waals surface area contributed by atoms with Gasteiger partial charge in [0.25, 0.3) is 0 Å². The molecule has 61 heavy (non-hydrogen) atoms. The second-order valence-electron chi connectivity index (χ2n) is 17.2. The van der Waals surface area contributed by atoms with Crippen LogP contribution in [0.1, 0.15) is 56.5 Å². The van der Waals surface area contributed by atoms with E-state index < -0.39 is 5.41 Å². The van der Waals surface area contributed by atoms with E-state index in [1.54, 1.807) is 0 Å². The van der Waals surface area contributed by atoms with E-state index in [4.69, 9.17) is 0 Å². The maximum absolute atomic E-state index is 2.55. The van der Waals surface area contributed by atoms with Crippen LogP contribution < -0.4 is 9.80 Å². The summed E-state index contributed by atoms with van der Waals surface area (Å²) in [4.78, 5) is 4.97. The summed E-state index contributed by atoms with van der Waals surface area (Å²) >= 11 is 0. The lowest BCUT2D eigenvalue weighted by molar-refractivity contribution is 0.762. The van der Waals surface area contributed by atoms with E-state index in [0.29, 0.717) is 0 Å². The standard InChI is InChI=1S/C59H42N2/c1-8-20-56-41(12-1)15-11-33-60(56)46-30-32-51-50-31-26-40(35-54(50)59(55(51)38-46)52-18-6-4-16-48(52)49-17-5-7-19-53(49)59)24-23-39-25-27-43-37-47(29-28-42(43)34-39)61-57-21-9-2-13-44(57)36-45-14-3-10-22-58(45)61/h1-10,12-14,16-32,34-35,37-38H,11,15,33,36H2/b24-23+. The number of benzene rings is 9. The molecule has 1 spiro atoms. The van der Waals surface area contributed by atoms with Crippen molar-refractivity contribution in [1.29, 1.82) is 0 Å². The normalized spacial score (nSPS) is 15.0. The van der Waals surface area contributed by atoms with Crippen molar-refractivity contribution in [3.8, 4) is 22.3 Å². The van der Waals surface area contributed by atoms with Gasteiger partial charge in [0.05, 0.1) is 5.41 Å². The van der Waals surface area contributed by atoms with Crippen LogP contribution in [0.3, 0.4) is 0 Å². The van der Waals surface area contributed by atoms with Gasteiger partial charge < -0.3 is 9.80 Å². The first kappa shape index (κ1) is 34.4. The van der Waals surface area contributed by atoms with E-state index in [2.05, 4.69) is 216 Å². The molecule has 0 fully saturated rings. The molecule has 0 amide bonds. The Morgan fingerprint density at radius 2 is 0.918 bits per heavy atom. The van der Waals surface area contributed by atoms with Gasteiger partial charge in [-0.25, -0.2) is 0 Å². The zero-order valence-corrected chi connectivity index (χ0v) is 33.9.